The number of halogens is 2. The molecular weight excluding hydrogens is 328 g/mol. The van der Waals surface area contributed by atoms with Crippen LogP contribution in [0.3, 0.4) is 0 Å². The van der Waals surface area contributed by atoms with Crippen molar-refractivity contribution >= 4 is 6.09 Å². The molecule has 4 nitrogen and oxygen atoms in total. The van der Waals surface area contributed by atoms with Crippen molar-refractivity contribution in [2.24, 2.45) is 0 Å². The number of piperidine rings is 1. The average molecular weight is 353 g/mol. The lowest BCUT2D eigenvalue weighted by Crippen LogP contribution is -2.55. The minimum atomic E-state index is -1.14. The smallest absolute Gasteiger partial charge is 0.410 e. The van der Waals surface area contributed by atoms with Crippen LogP contribution in [0.2, 0.25) is 0 Å². The normalized spacial score (nSPS) is 29.0. The van der Waals surface area contributed by atoms with Gasteiger partial charge in [-0.05, 0) is 58.1 Å². The second kappa shape index (κ2) is 6.24. The molecule has 25 heavy (non-hydrogen) atoms. The molecule has 2 saturated heterocycles. The Hall–Kier alpha value is -1.69. The van der Waals surface area contributed by atoms with Crippen LogP contribution < -0.4 is 0 Å². The molecule has 138 valence electrons. The molecule has 0 aliphatic carbocycles. The van der Waals surface area contributed by atoms with E-state index in [9.17, 15) is 18.7 Å². The highest BCUT2D eigenvalue weighted by Crippen LogP contribution is 2.43. The van der Waals surface area contributed by atoms with Gasteiger partial charge in [-0.25, -0.2) is 13.6 Å². The van der Waals surface area contributed by atoms with E-state index >= 15 is 0 Å². The van der Waals surface area contributed by atoms with Gasteiger partial charge in [0.05, 0.1) is 5.60 Å². The first-order valence-corrected chi connectivity index (χ1v) is 8.75. The van der Waals surface area contributed by atoms with Crippen molar-refractivity contribution in [1.29, 1.82) is 0 Å². The van der Waals surface area contributed by atoms with E-state index in [4.69, 9.17) is 4.74 Å². The van der Waals surface area contributed by atoms with Gasteiger partial charge in [-0.2, -0.15) is 0 Å². The molecule has 1 N–H and O–H groups in total. The summed E-state index contributed by atoms with van der Waals surface area (Å²) < 4.78 is 32.9. The number of nitrogens with zero attached hydrogens (tertiary/aromatic N) is 1. The second-order valence-electron chi connectivity index (χ2n) is 8.29. The maximum absolute atomic E-state index is 14.0. The molecule has 1 amide bonds. The Balaban J connectivity index is 1.74. The number of fused-ring (bicyclic) bond motifs is 2. The van der Waals surface area contributed by atoms with Gasteiger partial charge in [0.25, 0.3) is 0 Å². The van der Waals surface area contributed by atoms with Crippen LogP contribution in [0.5, 0.6) is 0 Å². The largest absolute Gasteiger partial charge is 0.444 e. The molecule has 0 radical (unpaired) electrons. The van der Waals surface area contributed by atoms with E-state index in [0.29, 0.717) is 12.8 Å². The van der Waals surface area contributed by atoms with E-state index in [1.807, 2.05) is 20.8 Å². The average Bonchev–Trinajstić information content (AvgIpc) is 2.75. The van der Waals surface area contributed by atoms with Gasteiger partial charge in [-0.3, -0.25) is 0 Å². The van der Waals surface area contributed by atoms with Crippen LogP contribution in [-0.2, 0) is 11.2 Å². The van der Waals surface area contributed by atoms with Gasteiger partial charge in [0.15, 0.2) is 11.6 Å². The second-order valence-corrected chi connectivity index (χ2v) is 8.29. The summed E-state index contributed by atoms with van der Waals surface area (Å²) in [6.45, 7) is 5.46. The Morgan fingerprint density at radius 2 is 1.88 bits per heavy atom. The van der Waals surface area contributed by atoms with E-state index in [1.165, 1.54) is 12.1 Å². The molecule has 2 unspecified atom stereocenters. The summed E-state index contributed by atoms with van der Waals surface area (Å²) >= 11 is 0. The number of benzene rings is 1. The summed E-state index contributed by atoms with van der Waals surface area (Å²) in [5.74, 6) is -1.81. The molecule has 3 rings (SSSR count). The first-order valence-electron chi connectivity index (χ1n) is 8.75. The quantitative estimate of drug-likeness (QED) is 0.880. The number of hydrogen-bond acceptors (Lipinski definition) is 3. The minimum absolute atomic E-state index is 0.0474. The highest BCUT2D eigenvalue weighted by atomic mass is 19.2. The van der Waals surface area contributed by atoms with Crippen molar-refractivity contribution in [1.82, 2.24) is 4.90 Å². The van der Waals surface area contributed by atoms with Gasteiger partial charge in [0.1, 0.15) is 5.60 Å². The number of aliphatic hydroxyl groups is 1. The number of ether oxygens (including phenoxy) is 1. The number of carbonyl (C=O) groups excluding carboxylic acids is 1. The Kier molecular flexibility index (Phi) is 4.52. The molecule has 0 saturated carbocycles. The van der Waals surface area contributed by atoms with Gasteiger partial charge in [-0.15, -0.1) is 0 Å². The predicted octanol–water partition coefficient (Wildman–Crippen LogP) is 3.80. The lowest BCUT2D eigenvalue weighted by atomic mass is 9.81. The van der Waals surface area contributed by atoms with Gasteiger partial charge >= 0.3 is 6.09 Å². The van der Waals surface area contributed by atoms with Crippen LogP contribution in [0.15, 0.2) is 18.2 Å². The van der Waals surface area contributed by atoms with E-state index in [-0.39, 0.29) is 30.2 Å². The van der Waals surface area contributed by atoms with Gasteiger partial charge in [0, 0.05) is 18.5 Å². The maximum atomic E-state index is 14.0. The SMILES string of the molecule is CC(C)(C)OC(=O)N1C2CCC1CC(O)(Cc1cccc(F)c1F)C2. The lowest BCUT2D eigenvalue weighted by molar-refractivity contribution is -0.0583. The van der Waals surface area contributed by atoms with Crippen molar-refractivity contribution in [2.75, 3.05) is 0 Å². The molecule has 0 aromatic heterocycles. The summed E-state index contributed by atoms with van der Waals surface area (Å²) in [6, 6.07) is 3.75. The Labute approximate surface area is 146 Å². The summed E-state index contributed by atoms with van der Waals surface area (Å²) in [4.78, 5) is 14.2. The zero-order valence-electron chi connectivity index (χ0n) is 14.9. The third kappa shape index (κ3) is 3.78. The third-order valence-electron chi connectivity index (χ3n) is 5.01. The van der Waals surface area contributed by atoms with E-state index in [2.05, 4.69) is 0 Å². The summed E-state index contributed by atoms with van der Waals surface area (Å²) in [7, 11) is 0. The third-order valence-corrected chi connectivity index (χ3v) is 5.01. The first-order chi connectivity index (χ1) is 11.6. The van der Waals surface area contributed by atoms with Crippen LogP contribution in [0, 0.1) is 11.6 Å². The van der Waals surface area contributed by atoms with Crippen molar-refractivity contribution in [2.45, 2.75) is 76.2 Å². The number of amides is 1. The molecule has 2 atom stereocenters. The molecular formula is C19H25F2NO3. The van der Waals surface area contributed by atoms with Gasteiger partial charge < -0.3 is 14.7 Å². The van der Waals surface area contributed by atoms with Crippen LogP contribution in [0.4, 0.5) is 13.6 Å². The first kappa shape index (κ1) is 18.1. The summed E-state index contributed by atoms with van der Waals surface area (Å²) in [5.41, 5.74) is -1.54. The molecule has 1 aromatic carbocycles. The van der Waals surface area contributed by atoms with Crippen molar-refractivity contribution < 1.29 is 23.4 Å². The number of rotatable bonds is 2. The Bertz CT molecular complexity index is 657. The zero-order chi connectivity index (χ0) is 18.4. The van der Waals surface area contributed by atoms with E-state index in [1.54, 1.807) is 4.90 Å². The molecule has 2 fully saturated rings. The van der Waals surface area contributed by atoms with Gasteiger partial charge in [0.2, 0.25) is 0 Å². The molecule has 6 heteroatoms. The van der Waals surface area contributed by atoms with E-state index < -0.39 is 22.8 Å². The van der Waals surface area contributed by atoms with Crippen molar-refractivity contribution in [3.8, 4) is 0 Å². The predicted molar refractivity (Wildman–Crippen MR) is 89.1 cm³/mol. The fraction of sp³-hybridized carbons (Fsp3) is 0.632. The molecule has 0 spiro atoms. The summed E-state index contributed by atoms with van der Waals surface area (Å²) in [5, 5.41) is 11.0. The minimum Gasteiger partial charge on any atom is -0.444 e. The molecule has 2 aliphatic rings. The van der Waals surface area contributed by atoms with Crippen LogP contribution in [0.25, 0.3) is 0 Å². The Morgan fingerprint density at radius 3 is 2.44 bits per heavy atom. The highest BCUT2D eigenvalue weighted by Gasteiger charge is 2.50. The fourth-order valence-corrected chi connectivity index (χ4v) is 4.12. The molecule has 2 bridgehead atoms. The number of carbonyl (C=O) groups is 1. The molecule has 2 heterocycles. The highest BCUT2D eigenvalue weighted by molar-refractivity contribution is 5.69. The zero-order valence-corrected chi connectivity index (χ0v) is 14.9. The van der Waals surface area contributed by atoms with Crippen LogP contribution in [0.1, 0.15) is 52.0 Å². The Morgan fingerprint density at radius 1 is 1.28 bits per heavy atom. The summed E-state index contributed by atoms with van der Waals surface area (Å²) in [6.07, 6.45) is 1.96. The van der Waals surface area contributed by atoms with Crippen LogP contribution >= 0.6 is 0 Å². The van der Waals surface area contributed by atoms with Gasteiger partial charge in [-0.1, -0.05) is 12.1 Å². The topological polar surface area (TPSA) is 49.8 Å². The van der Waals surface area contributed by atoms with Crippen molar-refractivity contribution in [3.05, 3.63) is 35.4 Å². The van der Waals surface area contributed by atoms with Crippen LogP contribution in [-0.4, -0.2) is 39.4 Å². The standard InChI is InChI=1S/C19H25F2NO3/c1-18(2,3)25-17(23)22-13-7-8-14(22)11-19(24,10-13)9-12-5-4-6-15(20)16(12)21/h4-6,13-14,24H,7-11H2,1-3H3. The maximum Gasteiger partial charge on any atom is 0.410 e. The molecule has 2 aliphatic heterocycles. The fourth-order valence-electron chi connectivity index (χ4n) is 4.12. The van der Waals surface area contributed by atoms with E-state index in [0.717, 1.165) is 18.9 Å². The number of hydrogen-bond donors (Lipinski definition) is 1. The molecule has 1 aromatic rings. The lowest BCUT2D eigenvalue weighted by Gasteiger charge is -2.44. The monoisotopic (exact) mass is 353 g/mol. The van der Waals surface area contributed by atoms with Crippen molar-refractivity contribution in [3.63, 3.8) is 0 Å².